The van der Waals surface area contributed by atoms with Gasteiger partial charge in [0, 0.05) is 10.4 Å². The zero-order valence-electron chi connectivity index (χ0n) is 10.1. The molecular weight excluding hydrogens is 300 g/mol. The zero-order chi connectivity index (χ0) is 14.3. The van der Waals surface area contributed by atoms with Crippen LogP contribution >= 0.6 is 23.2 Å². The van der Waals surface area contributed by atoms with Crippen LogP contribution in [0.2, 0.25) is 10.0 Å². The fraction of sp³-hybridized carbons (Fsp3) is 0. The summed E-state index contributed by atoms with van der Waals surface area (Å²) < 4.78 is 13.8. The van der Waals surface area contributed by atoms with Crippen LogP contribution in [0.15, 0.2) is 36.4 Å². The van der Waals surface area contributed by atoms with E-state index >= 15 is 0 Å². The molecule has 0 unspecified atom stereocenters. The standard InChI is InChI=1S/C14H8Cl2FN3/c15-7-5-9-12(10(16)6-7)19-14(20-13(9)18)8-3-1-2-4-11(8)17/h1-6H,(H2,18,19,20). The molecular formula is C14H8Cl2FN3. The molecule has 0 saturated heterocycles. The summed E-state index contributed by atoms with van der Waals surface area (Å²) in [5.41, 5.74) is 6.61. The summed E-state index contributed by atoms with van der Waals surface area (Å²) in [6.07, 6.45) is 0. The monoisotopic (exact) mass is 307 g/mol. The van der Waals surface area contributed by atoms with Crippen LogP contribution in [0, 0.1) is 5.82 Å². The zero-order valence-corrected chi connectivity index (χ0v) is 11.6. The number of hydrogen-bond acceptors (Lipinski definition) is 3. The molecule has 3 rings (SSSR count). The molecule has 0 bridgehead atoms. The highest BCUT2D eigenvalue weighted by molar-refractivity contribution is 6.38. The highest BCUT2D eigenvalue weighted by Crippen LogP contribution is 2.31. The molecule has 6 heteroatoms. The summed E-state index contributed by atoms with van der Waals surface area (Å²) >= 11 is 12.0. The Morgan fingerprint density at radius 3 is 2.55 bits per heavy atom. The Hall–Kier alpha value is -1.91. The first-order chi connectivity index (χ1) is 9.56. The molecule has 0 fully saturated rings. The Kier molecular flexibility index (Phi) is 3.20. The van der Waals surface area contributed by atoms with E-state index in [1.165, 1.54) is 6.07 Å². The van der Waals surface area contributed by atoms with Gasteiger partial charge in [-0.15, -0.1) is 0 Å². The van der Waals surface area contributed by atoms with Crippen molar-refractivity contribution in [2.24, 2.45) is 0 Å². The summed E-state index contributed by atoms with van der Waals surface area (Å²) in [7, 11) is 0. The van der Waals surface area contributed by atoms with E-state index in [-0.39, 0.29) is 17.2 Å². The Morgan fingerprint density at radius 2 is 1.80 bits per heavy atom. The Morgan fingerprint density at radius 1 is 1.05 bits per heavy atom. The van der Waals surface area contributed by atoms with Gasteiger partial charge >= 0.3 is 0 Å². The second-order valence-corrected chi connectivity index (χ2v) is 5.04. The third-order valence-corrected chi connectivity index (χ3v) is 3.37. The number of anilines is 1. The van der Waals surface area contributed by atoms with Crippen molar-refractivity contribution in [2.75, 3.05) is 5.73 Å². The van der Waals surface area contributed by atoms with E-state index in [1.807, 2.05) is 0 Å². The molecule has 0 aliphatic heterocycles. The van der Waals surface area contributed by atoms with E-state index in [9.17, 15) is 4.39 Å². The number of fused-ring (bicyclic) bond motifs is 1. The van der Waals surface area contributed by atoms with Gasteiger partial charge in [-0.25, -0.2) is 14.4 Å². The van der Waals surface area contributed by atoms with Crippen LogP contribution in [0.5, 0.6) is 0 Å². The van der Waals surface area contributed by atoms with Crippen LogP contribution in [0.1, 0.15) is 0 Å². The molecule has 20 heavy (non-hydrogen) atoms. The largest absolute Gasteiger partial charge is 0.383 e. The van der Waals surface area contributed by atoms with Crippen LogP contribution in [0.4, 0.5) is 10.2 Å². The minimum Gasteiger partial charge on any atom is -0.383 e. The van der Waals surface area contributed by atoms with Crippen LogP contribution in [-0.2, 0) is 0 Å². The predicted octanol–water partition coefficient (Wildman–Crippen LogP) is 4.32. The first kappa shape index (κ1) is 13.1. The lowest BCUT2D eigenvalue weighted by Gasteiger charge is -2.08. The number of benzene rings is 2. The highest BCUT2D eigenvalue weighted by Gasteiger charge is 2.13. The summed E-state index contributed by atoms with van der Waals surface area (Å²) in [6, 6.07) is 9.40. The van der Waals surface area contributed by atoms with Crippen LogP contribution in [0.3, 0.4) is 0 Å². The van der Waals surface area contributed by atoms with E-state index < -0.39 is 5.82 Å². The lowest BCUT2D eigenvalue weighted by atomic mass is 10.1. The van der Waals surface area contributed by atoms with Crippen LogP contribution < -0.4 is 5.73 Å². The van der Waals surface area contributed by atoms with Crippen molar-refractivity contribution >= 4 is 39.9 Å². The van der Waals surface area contributed by atoms with Gasteiger partial charge in [0.25, 0.3) is 0 Å². The third kappa shape index (κ3) is 2.17. The number of nitrogen functional groups attached to an aromatic ring is 1. The normalized spacial score (nSPS) is 10.9. The lowest BCUT2D eigenvalue weighted by Crippen LogP contribution is -1.99. The molecule has 0 saturated carbocycles. The Labute approximate surface area is 124 Å². The van der Waals surface area contributed by atoms with Gasteiger partial charge in [-0.2, -0.15) is 0 Å². The third-order valence-electron chi connectivity index (χ3n) is 2.86. The maximum atomic E-state index is 13.8. The fourth-order valence-corrected chi connectivity index (χ4v) is 2.48. The SMILES string of the molecule is Nc1nc(-c2ccccc2F)nc2c(Cl)cc(Cl)cc12. The van der Waals surface area contributed by atoms with E-state index in [2.05, 4.69) is 9.97 Å². The average molecular weight is 308 g/mol. The summed E-state index contributed by atoms with van der Waals surface area (Å²) in [6.45, 7) is 0. The van der Waals surface area contributed by atoms with Gasteiger partial charge < -0.3 is 5.73 Å². The Balaban J connectivity index is 2.33. The van der Waals surface area contributed by atoms with Gasteiger partial charge in [-0.3, -0.25) is 0 Å². The molecule has 2 N–H and O–H groups in total. The molecule has 1 aromatic heterocycles. The second-order valence-electron chi connectivity index (χ2n) is 4.20. The fourth-order valence-electron chi connectivity index (χ4n) is 1.94. The number of rotatable bonds is 1. The molecule has 0 atom stereocenters. The first-order valence-corrected chi connectivity index (χ1v) is 6.49. The summed E-state index contributed by atoms with van der Waals surface area (Å²) in [5.74, 6) is -0.0219. The van der Waals surface area contributed by atoms with Gasteiger partial charge in [-0.1, -0.05) is 35.3 Å². The average Bonchev–Trinajstić information content (AvgIpc) is 2.40. The molecule has 0 aliphatic rings. The molecule has 0 aliphatic carbocycles. The van der Waals surface area contributed by atoms with E-state index in [0.717, 1.165) is 0 Å². The van der Waals surface area contributed by atoms with Crippen molar-refractivity contribution in [2.45, 2.75) is 0 Å². The summed E-state index contributed by atoms with van der Waals surface area (Å²) in [4.78, 5) is 8.41. The minimum atomic E-state index is -0.420. The lowest BCUT2D eigenvalue weighted by molar-refractivity contribution is 0.630. The van der Waals surface area contributed by atoms with Crippen molar-refractivity contribution in [1.29, 1.82) is 0 Å². The maximum absolute atomic E-state index is 13.8. The quantitative estimate of drug-likeness (QED) is 0.728. The van der Waals surface area contributed by atoms with Crippen molar-refractivity contribution in [3.8, 4) is 11.4 Å². The van der Waals surface area contributed by atoms with E-state index in [4.69, 9.17) is 28.9 Å². The number of halogens is 3. The maximum Gasteiger partial charge on any atom is 0.165 e. The molecule has 100 valence electrons. The van der Waals surface area contributed by atoms with Gasteiger partial charge in [0.15, 0.2) is 5.82 Å². The van der Waals surface area contributed by atoms with Crippen molar-refractivity contribution in [1.82, 2.24) is 9.97 Å². The van der Waals surface area contributed by atoms with Crippen molar-refractivity contribution in [3.63, 3.8) is 0 Å². The first-order valence-electron chi connectivity index (χ1n) is 5.73. The number of nitrogens with zero attached hydrogens (tertiary/aromatic N) is 2. The molecule has 2 aromatic carbocycles. The molecule has 0 amide bonds. The van der Waals surface area contributed by atoms with Gasteiger partial charge in [0.1, 0.15) is 11.6 Å². The topological polar surface area (TPSA) is 51.8 Å². The molecule has 0 radical (unpaired) electrons. The van der Waals surface area contributed by atoms with E-state index in [0.29, 0.717) is 20.9 Å². The second kappa shape index (κ2) is 4.89. The minimum absolute atomic E-state index is 0.192. The van der Waals surface area contributed by atoms with Gasteiger partial charge in [-0.05, 0) is 24.3 Å². The van der Waals surface area contributed by atoms with Crippen LogP contribution in [0.25, 0.3) is 22.3 Å². The number of aromatic nitrogens is 2. The van der Waals surface area contributed by atoms with Crippen molar-refractivity contribution < 1.29 is 4.39 Å². The number of nitrogens with two attached hydrogens (primary N) is 1. The highest BCUT2D eigenvalue weighted by atomic mass is 35.5. The van der Waals surface area contributed by atoms with Gasteiger partial charge in [0.2, 0.25) is 0 Å². The molecule has 3 nitrogen and oxygen atoms in total. The molecule has 3 aromatic rings. The molecule has 1 heterocycles. The van der Waals surface area contributed by atoms with Gasteiger partial charge in [0.05, 0.1) is 16.1 Å². The van der Waals surface area contributed by atoms with Crippen LogP contribution in [-0.4, -0.2) is 9.97 Å². The van der Waals surface area contributed by atoms with Crippen molar-refractivity contribution in [3.05, 3.63) is 52.3 Å². The number of hydrogen-bond donors (Lipinski definition) is 1. The van der Waals surface area contributed by atoms with E-state index in [1.54, 1.807) is 30.3 Å². The summed E-state index contributed by atoms with van der Waals surface area (Å²) in [5, 5.41) is 1.33. The Bertz CT molecular complexity index is 821. The molecule has 0 spiro atoms. The smallest absolute Gasteiger partial charge is 0.165 e. The predicted molar refractivity (Wildman–Crippen MR) is 79.4 cm³/mol.